The molecule has 2 nitrogen and oxygen atoms in total. The van der Waals surface area contributed by atoms with E-state index in [1.165, 1.54) is 0 Å². The Labute approximate surface area is 78.0 Å². The summed E-state index contributed by atoms with van der Waals surface area (Å²) in [7, 11) is 0. The molecule has 0 spiro atoms. The first-order chi connectivity index (χ1) is 5.74. The SMILES string of the molecule is CCC(Nc1nccs1)C(C)C. The molecule has 0 aliphatic rings. The van der Waals surface area contributed by atoms with Gasteiger partial charge in [0.1, 0.15) is 0 Å². The van der Waals surface area contributed by atoms with Gasteiger partial charge in [-0.25, -0.2) is 4.98 Å². The topological polar surface area (TPSA) is 24.9 Å². The zero-order valence-corrected chi connectivity index (χ0v) is 8.69. The van der Waals surface area contributed by atoms with Crippen molar-refractivity contribution in [3.05, 3.63) is 11.6 Å². The Morgan fingerprint density at radius 3 is 2.75 bits per heavy atom. The number of hydrogen-bond acceptors (Lipinski definition) is 3. The Bertz CT molecular complexity index is 206. The molecular formula is C9H16N2S. The van der Waals surface area contributed by atoms with Gasteiger partial charge in [0.05, 0.1) is 0 Å². The van der Waals surface area contributed by atoms with Crippen LogP contribution in [0.1, 0.15) is 27.2 Å². The fourth-order valence-electron chi connectivity index (χ4n) is 1.19. The van der Waals surface area contributed by atoms with Gasteiger partial charge in [-0.05, 0) is 12.3 Å². The predicted molar refractivity (Wildman–Crippen MR) is 54.7 cm³/mol. The number of anilines is 1. The van der Waals surface area contributed by atoms with Gasteiger partial charge in [-0.1, -0.05) is 20.8 Å². The van der Waals surface area contributed by atoms with Gasteiger partial charge in [0.25, 0.3) is 0 Å². The lowest BCUT2D eigenvalue weighted by Crippen LogP contribution is -2.24. The number of nitrogens with one attached hydrogen (secondary N) is 1. The summed E-state index contributed by atoms with van der Waals surface area (Å²) in [4.78, 5) is 4.19. The molecule has 0 radical (unpaired) electrons. The molecule has 1 rings (SSSR count). The van der Waals surface area contributed by atoms with Gasteiger partial charge >= 0.3 is 0 Å². The quantitative estimate of drug-likeness (QED) is 0.778. The number of nitrogens with zero attached hydrogens (tertiary/aromatic N) is 1. The molecule has 1 N–H and O–H groups in total. The van der Waals surface area contributed by atoms with Crippen LogP contribution >= 0.6 is 11.3 Å². The molecule has 0 saturated carbocycles. The average Bonchev–Trinajstić information content (AvgIpc) is 2.51. The third-order valence-electron chi connectivity index (χ3n) is 1.99. The van der Waals surface area contributed by atoms with E-state index in [4.69, 9.17) is 0 Å². The highest BCUT2D eigenvalue weighted by atomic mass is 32.1. The molecule has 1 aromatic rings. The van der Waals surface area contributed by atoms with E-state index in [1.54, 1.807) is 11.3 Å². The maximum atomic E-state index is 4.19. The molecular weight excluding hydrogens is 168 g/mol. The predicted octanol–water partition coefficient (Wildman–Crippen LogP) is 2.99. The van der Waals surface area contributed by atoms with E-state index in [0.717, 1.165) is 11.6 Å². The maximum Gasteiger partial charge on any atom is 0.182 e. The van der Waals surface area contributed by atoms with Crippen molar-refractivity contribution in [3.8, 4) is 0 Å². The number of aromatic nitrogens is 1. The van der Waals surface area contributed by atoms with Crippen molar-refractivity contribution in [1.82, 2.24) is 4.98 Å². The lowest BCUT2D eigenvalue weighted by atomic mass is 10.0. The largest absolute Gasteiger partial charge is 0.359 e. The van der Waals surface area contributed by atoms with Gasteiger partial charge in [0, 0.05) is 17.6 Å². The summed E-state index contributed by atoms with van der Waals surface area (Å²) >= 11 is 1.66. The molecule has 0 saturated heterocycles. The van der Waals surface area contributed by atoms with Crippen LogP contribution in [0.25, 0.3) is 0 Å². The number of thiazole rings is 1. The van der Waals surface area contributed by atoms with Crippen LogP contribution in [0.15, 0.2) is 11.6 Å². The second kappa shape index (κ2) is 4.45. The third kappa shape index (κ3) is 2.48. The van der Waals surface area contributed by atoms with E-state index in [2.05, 4.69) is 31.1 Å². The summed E-state index contributed by atoms with van der Waals surface area (Å²) in [6.45, 7) is 6.66. The van der Waals surface area contributed by atoms with Crippen LogP contribution < -0.4 is 5.32 Å². The van der Waals surface area contributed by atoms with E-state index >= 15 is 0 Å². The van der Waals surface area contributed by atoms with Crippen LogP contribution in [0.4, 0.5) is 5.13 Å². The molecule has 0 aromatic carbocycles. The standard InChI is InChI=1S/C9H16N2S/c1-4-8(7(2)3)11-9-10-5-6-12-9/h5-8H,4H2,1-3H3,(H,10,11). The van der Waals surface area contributed by atoms with Gasteiger partial charge < -0.3 is 5.32 Å². The normalized spacial score (nSPS) is 13.3. The van der Waals surface area contributed by atoms with E-state index in [1.807, 2.05) is 11.6 Å². The Morgan fingerprint density at radius 1 is 1.58 bits per heavy atom. The molecule has 1 unspecified atom stereocenters. The second-order valence-electron chi connectivity index (χ2n) is 3.24. The minimum absolute atomic E-state index is 0.552. The zero-order chi connectivity index (χ0) is 8.97. The Morgan fingerprint density at radius 2 is 2.33 bits per heavy atom. The van der Waals surface area contributed by atoms with Crippen LogP contribution in [0, 0.1) is 5.92 Å². The molecule has 1 atom stereocenters. The molecule has 1 heterocycles. The second-order valence-corrected chi connectivity index (χ2v) is 4.13. The van der Waals surface area contributed by atoms with Crippen molar-refractivity contribution in [1.29, 1.82) is 0 Å². The van der Waals surface area contributed by atoms with Gasteiger partial charge in [0.2, 0.25) is 0 Å². The van der Waals surface area contributed by atoms with Crippen molar-refractivity contribution in [2.75, 3.05) is 5.32 Å². The summed E-state index contributed by atoms with van der Waals surface area (Å²) in [5.41, 5.74) is 0. The van der Waals surface area contributed by atoms with Crippen LogP contribution in [0.2, 0.25) is 0 Å². The average molecular weight is 184 g/mol. The van der Waals surface area contributed by atoms with E-state index < -0.39 is 0 Å². The fraction of sp³-hybridized carbons (Fsp3) is 0.667. The summed E-state index contributed by atoms with van der Waals surface area (Å²) in [5, 5.41) is 6.45. The van der Waals surface area contributed by atoms with Gasteiger partial charge in [-0.2, -0.15) is 0 Å². The van der Waals surface area contributed by atoms with Crippen molar-refractivity contribution >= 4 is 16.5 Å². The highest BCUT2D eigenvalue weighted by Gasteiger charge is 2.10. The lowest BCUT2D eigenvalue weighted by molar-refractivity contribution is 0.511. The molecule has 0 amide bonds. The first-order valence-corrected chi connectivity index (χ1v) is 5.28. The summed E-state index contributed by atoms with van der Waals surface area (Å²) in [5.74, 6) is 0.666. The third-order valence-corrected chi connectivity index (χ3v) is 2.69. The monoisotopic (exact) mass is 184 g/mol. The molecule has 68 valence electrons. The fourth-order valence-corrected chi connectivity index (χ4v) is 1.79. The molecule has 0 aliphatic carbocycles. The highest BCUT2D eigenvalue weighted by Crippen LogP contribution is 2.16. The first-order valence-electron chi connectivity index (χ1n) is 4.40. The van der Waals surface area contributed by atoms with Gasteiger partial charge in [0.15, 0.2) is 5.13 Å². The van der Waals surface area contributed by atoms with Crippen LogP contribution in [-0.4, -0.2) is 11.0 Å². The maximum absolute atomic E-state index is 4.19. The van der Waals surface area contributed by atoms with Crippen molar-refractivity contribution in [2.24, 2.45) is 5.92 Å². The van der Waals surface area contributed by atoms with Gasteiger partial charge in [-0.3, -0.25) is 0 Å². The lowest BCUT2D eigenvalue weighted by Gasteiger charge is -2.19. The summed E-state index contributed by atoms with van der Waals surface area (Å²) < 4.78 is 0. The Hall–Kier alpha value is -0.570. The highest BCUT2D eigenvalue weighted by molar-refractivity contribution is 7.13. The number of hydrogen-bond donors (Lipinski definition) is 1. The van der Waals surface area contributed by atoms with E-state index in [0.29, 0.717) is 12.0 Å². The van der Waals surface area contributed by atoms with Crippen molar-refractivity contribution in [3.63, 3.8) is 0 Å². The minimum atomic E-state index is 0.552. The molecule has 1 aromatic heterocycles. The Kier molecular flexibility index (Phi) is 3.53. The van der Waals surface area contributed by atoms with Crippen LogP contribution in [0.3, 0.4) is 0 Å². The van der Waals surface area contributed by atoms with E-state index in [9.17, 15) is 0 Å². The number of rotatable bonds is 4. The molecule has 0 fully saturated rings. The van der Waals surface area contributed by atoms with Gasteiger partial charge in [-0.15, -0.1) is 11.3 Å². The minimum Gasteiger partial charge on any atom is -0.359 e. The Balaban J connectivity index is 2.48. The van der Waals surface area contributed by atoms with Crippen LogP contribution in [0.5, 0.6) is 0 Å². The van der Waals surface area contributed by atoms with Crippen LogP contribution in [-0.2, 0) is 0 Å². The molecule has 0 aliphatic heterocycles. The summed E-state index contributed by atoms with van der Waals surface area (Å²) in [6, 6.07) is 0.552. The summed E-state index contributed by atoms with van der Waals surface area (Å²) in [6.07, 6.45) is 2.98. The van der Waals surface area contributed by atoms with Crippen molar-refractivity contribution < 1.29 is 0 Å². The van der Waals surface area contributed by atoms with Crippen molar-refractivity contribution in [2.45, 2.75) is 33.2 Å². The van der Waals surface area contributed by atoms with E-state index in [-0.39, 0.29) is 0 Å². The zero-order valence-electron chi connectivity index (χ0n) is 7.87. The smallest absolute Gasteiger partial charge is 0.182 e. The molecule has 3 heteroatoms. The molecule has 12 heavy (non-hydrogen) atoms. The molecule has 0 bridgehead atoms. The first kappa shape index (κ1) is 9.52.